The molecule has 0 unspecified atom stereocenters. The normalized spacial score (nSPS) is 19.0. The molecule has 7 nitrogen and oxygen atoms in total. The first-order valence-corrected chi connectivity index (χ1v) is 11.8. The number of hydrogen-bond donors (Lipinski definition) is 1. The first-order chi connectivity index (χ1) is 16.1. The molecule has 0 aromatic carbocycles. The Balaban J connectivity index is 1.43. The summed E-state index contributed by atoms with van der Waals surface area (Å²) in [5.74, 6) is 0.0329. The Morgan fingerprint density at radius 1 is 1.12 bits per heavy atom. The van der Waals surface area contributed by atoms with Crippen LogP contribution in [-0.2, 0) is 6.18 Å². The van der Waals surface area contributed by atoms with E-state index in [0.717, 1.165) is 63.5 Å². The highest BCUT2D eigenvalue weighted by Gasteiger charge is 2.37. The van der Waals surface area contributed by atoms with Crippen LogP contribution >= 0.6 is 0 Å². The number of pyridine rings is 1. The first-order valence-electron chi connectivity index (χ1n) is 11.8. The lowest BCUT2D eigenvalue weighted by atomic mass is 9.90. The lowest BCUT2D eigenvalue weighted by Gasteiger charge is -2.36. The van der Waals surface area contributed by atoms with Gasteiger partial charge in [-0.25, -0.2) is 9.97 Å². The number of nitrogens with one attached hydrogen (secondary N) is 1. The zero-order valence-corrected chi connectivity index (χ0v) is 20.0. The number of rotatable bonds is 7. The van der Waals surface area contributed by atoms with Gasteiger partial charge in [0.2, 0.25) is 11.8 Å². The van der Waals surface area contributed by atoms with E-state index in [2.05, 4.69) is 44.2 Å². The van der Waals surface area contributed by atoms with Crippen molar-refractivity contribution >= 4 is 17.5 Å². The zero-order valence-electron chi connectivity index (χ0n) is 20.0. The molecule has 1 saturated heterocycles. The molecular formula is C24H33F3N6O. The maximum Gasteiger partial charge on any atom is 0.423 e. The third kappa shape index (κ3) is 5.89. The molecule has 2 aromatic rings. The third-order valence-corrected chi connectivity index (χ3v) is 6.97. The summed E-state index contributed by atoms with van der Waals surface area (Å²) >= 11 is 0. The lowest BCUT2D eigenvalue weighted by molar-refractivity contribution is -0.139. The van der Waals surface area contributed by atoms with Crippen molar-refractivity contribution in [2.24, 2.45) is 5.41 Å². The Kier molecular flexibility index (Phi) is 7.16. The van der Waals surface area contributed by atoms with Crippen LogP contribution in [-0.4, -0.2) is 59.7 Å². The number of alkyl halides is 3. The van der Waals surface area contributed by atoms with Crippen molar-refractivity contribution in [2.45, 2.75) is 57.7 Å². The van der Waals surface area contributed by atoms with Gasteiger partial charge < -0.3 is 19.9 Å². The summed E-state index contributed by atoms with van der Waals surface area (Å²) in [6.07, 6.45) is 4.13. The summed E-state index contributed by atoms with van der Waals surface area (Å²) in [6.45, 7) is 4.16. The van der Waals surface area contributed by atoms with Gasteiger partial charge in [-0.2, -0.15) is 18.2 Å². The molecule has 1 aliphatic carbocycles. The number of halogens is 3. The molecule has 10 heteroatoms. The summed E-state index contributed by atoms with van der Waals surface area (Å²) in [5.41, 5.74) is -0.0752. The van der Waals surface area contributed by atoms with E-state index in [0.29, 0.717) is 11.9 Å². The Morgan fingerprint density at radius 2 is 1.82 bits per heavy atom. The summed E-state index contributed by atoms with van der Waals surface area (Å²) in [5, 5.41) is 2.91. The fourth-order valence-electron chi connectivity index (χ4n) is 4.75. The Morgan fingerprint density at radius 3 is 2.41 bits per heavy atom. The topological polar surface area (TPSA) is 66.4 Å². The minimum atomic E-state index is -4.59. The van der Waals surface area contributed by atoms with Crippen molar-refractivity contribution in [1.29, 1.82) is 0 Å². The van der Waals surface area contributed by atoms with Crippen LogP contribution in [0.25, 0.3) is 0 Å². The van der Waals surface area contributed by atoms with Gasteiger partial charge in [-0.3, -0.25) is 0 Å². The molecule has 0 radical (unpaired) electrons. The summed E-state index contributed by atoms with van der Waals surface area (Å²) in [7, 11) is 4.22. The average Bonchev–Trinajstić information content (AvgIpc) is 3.24. The largest absolute Gasteiger partial charge is 0.477 e. The molecule has 2 aromatic heterocycles. The highest BCUT2D eigenvalue weighted by molar-refractivity contribution is 5.54. The van der Waals surface area contributed by atoms with Crippen LogP contribution < -0.4 is 15.0 Å². The van der Waals surface area contributed by atoms with Crippen molar-refractivity contribution in [2.75, 3.05) is 44.0 Å². The predicted molar refractivity (Wildman–Crippen MR) is 126 cm³/mol. The van der Waals surface area contributed by atoms with Crippen LogP contribution in [0.2, 0.25) is 0 Å². The Bertz CT molecular complexity index is 952. The van der Waals surface area contributed by atoms with Gasteiger partial charge in [-0.05, 0) is 51.9 Å². The van der Waals surface area contributed by atoms with Crippen molar-refractivity contribution in [3.8, 4) is 5.88 Å². The molecular weight excluding hydrogens is 445 g/mol. The molecule has 34 heavy (non-hydrogen) atoms. The molecule has 2 fully saturated rings. The van der Waals surface area contributed by atoms with Gasteiger partial charge in [0.05, 0.1) is 18.5 Å². The SMILES string of the molecule is CN(C)C1CCN(c2ccc(Nc3ncc(C(F)(F)F)c(OCC4(C)CCCC4)n3)nc2)CC1. The molecule has 1 saturated carbocycles. The second-order valence-corrected chi connectivity index (χ2v) is 9.93. The van der Waals surface area contributed by atoms with Crippen LogP contribution in [0.5, 0.6) is 5.88 Å². The smallest absolute Gasteiger partial charge is 0.423 e. The van der Waals surface area contributed by atoms with Crippen LogP contribution in [0.3, 0.4) is 0 Å². The average molecular weight is 479 g/mol. The Labute approximate surface area is 198 Å². The number of ether oxygens (including phenoxy) is 1. The maximum absolute atomic E-state index is 13.5. The fraction of sp³-hybridized carbons (Fsp3) is 0.625. The minimum Gasteiger partial charge on any atom is -0.477 e. The van der Waals surface area contributed by atoms with E-state index in [-0.39, 0.29) is 18.0 Å². The molecule has 2 aliphatic rings. The molecule has 4 rings (SSSR count). The second kappa shape index (κ2) is 9.93. The maximum atomic E-state index is 13.5. The van der Waals surface area contributed by atoms with Crippen molar-refractivity contribution in [3.05, 3.63) is 30.1 Å². The van der Waals surface area contributed by atoms with Crippen LogP contribution in [0.1, 0.15) is 51.0 Å². The quantitative estimate of drug-likeness (QED) is 0.592. The van der Waals surface area contributed by atoms with E-state index < -0.39 is 17.6 Å². The minimum absolute atomic E-state index is 0.0200. The van der Waals surface area contributed by atoms with E-state index in [4.69, 9.17) is 4.74 Å². The monoisotopic (exact) mass is 478 g/mol. The van der Waals surface area contributed by atoms with E-state index in [1.54, 1.807) is 12.3 Å². The Hall–Kier alpha value is -2.62. The highest BCUT2D eigenvalue weighted by atomic mass is 19.4. The molecule has 0 amide bonds. The number of piperidine rings is 1. The number of nitrogens with zero attached hydrogens (tertiary/aromatic N) is 5. The van der Waals surface area contributed by atoms with Gasteiger partial charge in [-0.1, -0.05) is 19.8 Å². The van der Waals surface area contributed by atoms with E-state index in [9.17, 15) is 13.2 Å². The van der Waals surface area contributed by atoms with Gasteiger partial charge in [-0.15, -0.1) is 0 Å². The van der Waals surface area contributed by atoms with E-state index in [1.165, 1.54) is 0 Å². The van der Waals surface area contributed by atoms with E-state index >= 15 is 0 Å². The van der Waals surface area contributed by atoms with Gasteiger partial charge in [0.25, 0.3) is 0 Å². The van der Waals surface area contributed by atoms with Crippen molar-refractivity contribution < 1.29 is 17.9 Å². The molecule has 0 atom stereocenters. The molecule has 1 N–H and O–H groups in total. The van der Waals surface area contributed by atoms with Gasteiger partial charge in [0.1, 0.15) is 11.4 Å². The second-order valence-electron chi connectivity index (χ2n) is 9.93. The van der Waals surface area contributed by atoms with Crippen molar-refractivity contribution in [3.63, 3.8) is 0 Å². The van der Waals surface area contributed by atoms with Crippen molar-refractivity contribution in [1.82, 2.24) is 19.9 Å². The van der Waals surface area contributed by atoms with E-state index in [1.807, 2.05) is 13.0 Å². The molecule has 186 valence electrons. The molecule has 3 heterocycles. The number of aromatic nitrogens is 3. The van der Waals surface area contributed by atoms with Crippen LogP contribution in [0.4, 0.5) is 30.6 Å². The molecule has 1 aliphatic heterocycles. The fourth-order valence-corrected chi connectivity index (χ4v) is 4.75. The first kappa shape index (κ1) is 24.5. The molecule has 0 bridgehead atoms. The van der Waals surface area contributed by atoms with Gasteiger partial charge >= 0.3 is 6.18 Å². The zero-order chi connectivity index (χ0) is 24.3. The van der Waals surface area contributed by atoms with Gasteiger partial charge in [0, 0.05) is 30.7 Å². The van der Waals surface area contributed by atoms with Gasteiger partial charge in [0.15, 0.2) is 0 Å². The van der Waals surface area contributed by atoms with Crippen LogP contribution in [0, 0.1) is 5.41 Å². The number of hydrogen-bond acceptors (Lipinski definition) is 7. The lowest BCUT2D eigenvalue weighted by Crippen LogP contribution is -2.42. The van der Waals surface area contributed by atoms with Crippen LogP contribution in [0.15, 0.2) is 24.5 Å². The molecule has 0 spiro atoms. The third-order valence-electron chi connectivity index (χ3n) is 6.97. The predicted octanol–water partition coefficient (Wildman–Crippen LogP) is 5.12. The summed E-state index contributed by atoms with van der Waals surface area (Å²) < 4.78 is 46.1. The summed E-state index contributed by atoms with van der Waals surface area (Å²) in [4.78, 5) is 16.9. The standard InChI is InChI=1S/C24H33F3N6O/c1-23(10-4-5-11-23)16-34-21-19(24(25,26)27)15-29-22(31-21)30-20-7-6-18(14-28-20)33-12-8-17(9-13-33)32(2)3/h6-7,14-15,17H,4-5,8-13,16H2,1-3H3,(H,28,29,30,31). The highest BCUT2D eigenvalue weighted by Crippen LogP contribution is 2.40. The summed E-state index contributed by atoms with van der Waals surface area (Å²) in [6, 6.07) is 4.33. The number of anilines is 3.